The maximum absolute atomic E-state index is 15.5. The standard InChI is InChI=1S/C26H34ClFN2O3/c1-6-7-8-24(31)33-21-13-22(28)25(30(15-17(2)3)16-18(4)5)23(14-21)29-26(32)19-9-11-20(27)12-10-19/h9-14,17-18H,6-8,15-16H2,1-5H3,(H,29,32). The maximum Gasteiger partial charge on any atom is 0.311 e. The van der Waals surface area contributed by atoms with Crippen LogP contribution in [0.15, 0.2) is 36.4 Å². The SMILES string of the molecule is CCCCC(=O)Oc1cc(F)c(N(CC(C)C)CC(C)C)c(NC(=O)c2ccc(Cl)cc2)c1. The minimum Gasteiger partial charge on any atom is -0.426 e. The first kappa shape index (κ1) is 26.7. The number of amides is 1. The second-order valence-corrected chi connectivity index (χ2v) is 9.47. The van der Waals surface area contributed by atoms with Gasteiger partial charge in [0, 0.05) is 42.2 Å². The van der Waals surface area contributed by atoms with Crippen molar-refractivity contribution in [3.8, 4) is 5.75 Å². The van der Waals surface area contributed by atoms with Crippen molar-refractivity contribution >= 4 is 34.9 Å². The van der Waals surface area contributed by atoms with E-state index in [1.165, 1.54) is 12.1 Å². The van der Waals surface area contributed by atoms with Crippen LogP contribution in [0.3, 0.4) is 0 Å². The minimum atomic E-state index is -0.552. The van der Waals surface area contributed by atoms with Gasteiger partial charge in [-0.05, 0) is 42.5 Å². The van der Waals surface area contributed by atoms with Gasteiger partial charge < -0.3 is 15.0 Å². The molecule has 5 nitrogen and oxygen atoms in total. The van der Waals surface area contributed by atoms with Crippen LogP contribution in [0.5, 0.6) is 5.75 Å². The van der Waals surface area contributed by atoms with E-state index in [0.717, 1.165) is 6.42 Å². The van der Waals surface area contributed by atoms with Crippen molar-refractivity contribution in [2.45, 2.75) is 53.9 Å². The van der Waals surface area contributed by atoms with Gasteiger partial charge in [0.05, 0.1) is 11.4 Å². The monoisotopic (exact) mass is 476 g/mol. The number of benzene rings is 2. The predicted molar refractivity (Wildman–Crippen MR) is 133 cm³/mol. The number of nitrogens with zero attached hydrogens (tertiary/aromatic N) is 1. The van der Waals surface area contributed by atoms with Gasteiger partial charge >= 0.3 is 5.97 Å². The fourth-order valence-electron chi connectivity index (χ4n) is 3.49. The summed E-state index contributed by atoms with van der Waals surface area (Å²) >= 11 is 5.93. The topological polar surface area (TPSA) is 58.6 Å². The van der Waals surface area contributed by atoms with E-state index < -0.39 is 17.7 Å². The van der Waals surface area contributed by atoms with Crippen LogP contribution in [0.25, 0.3) is 0 Å². The summed E-state index contributed by atoms with van der Waals surface area (Å²) in [6.45, 7) is 11.4. The fraction of sp³-hybridized carbons (Fsp3) is 0.462. The van der Waals surface area contributed by atoms with Gasteiger partial charge in [-0.3, -0.25) is 9.59 Å². The number of rotatable bonds is 11. The number of ether oxygens (including phenoxy) is 1. The second-order valence-electron chi connectivity index (χ2n) is 9.03. The Labute approximate surface area is 201 Å². The zero-order valence-electron chi connectivity index (χ0n) is 20.1. The molecule has 180 valence electrons. The van der Waals surface area contributed by atoms with Crippen molar-refractivity contribution in [2.24, 2.45) is 11.8 Å². The number of carbonyl (C=O) groups excluding carboxylic acids is 2. The molecule has 2 rings (SSSR count). The lowest BCUT2D eigenvalue weighted by atomic mass is 10.1. The number of carbonyl (C=O) groups is 2. The third-order valence-electron chi connectivity index (χ3n) is 4.84. The van der Waals surface area contributed by atoms with Crippen LogP contribution >= 0.6 is 11.6 Å². The molecule has 0 saturated heterocycles. The molecule has 0 spiro atoms. The average Bonchev–Trinajstić information content (AvgIpc) is 2.71. The van der Waals surface area contributed by atoms with Gasteiger partial charge in [0.2, 0.25) is 0 Å². The van der Waals surface area contributed by atoms with Gasteiger partial charge in [-0.15, -0.1) is 0 Å². The van der Waals surface area contributed by atoms with Gasteiger partial charge in [-0.1, -0.05) is 52.6 Å². The molecule has 7 heteroatoms. The highest BCUT2D eigenvalue weighted by Gasteiger charge is 2.22. The number of nitrogens with one attached hydrogen (secondary N) is 1. The van der Waals surface area contributed by atoms with Gasteiger partial charge in [0.25, 0.3) is 5.91 Å². The fourth-order valence-corrected chi connectivity index (χ4v) is 3.61. The molecule has 0 heterocycles. The van der Waals surface area contributed by atoms with Gasteiger partial charge in [-0.25, -0.2) is 4.39 Å². The van der Waals surface area contributed by atoms with E-state index >= 15 is 4.39 Å². The Morgan fingerprint density at radius 2 is 1.67 bits per heavy atom. The van der Waals surface area contributed by atoms with Crippen LogP contribution in [0.4, 0.5) is 15.8 Å². The Morgan fingerprint density at radius 1 is 1.06 bits per heavy atom. The van der Waals surface area contributed by atoms with Crippen LogP contribution in [0.2, 0.25) is 5.02 Å². The van der Waals surface area contributed by atoms with Crippen molar-refractivity contribution in [3.63, 3.8) is 0 Å². The van der Waals surface area contributed by atoms with Crippen molar-refractivity contribution in [1.82, 2.24) is 0 Å². The van der Waals surface area contributed by atoms with E-state index in [0.29, 0.717) is 30.1 Å². The molecule has 0 saturated carbocycles. The van der Waals surface area contributed by atoms with Gasteiger partial charge in [0.1, 0.15) is 5.75 Å². The van der Waals surface area contributed by atoms with Crippen molar-refractivity contribution in [2.75, 3.05) is 23.3 Å². The van der Waals surface area contributed by atoms with E-state index in [4.69, 9.17) is 16.3 Å². The summed E-state index contributed by atoms with van der Waals surface area (Å²) in [5.74, 6) is -0.777. The molecule has 0 aliphatic rings. The summed E-state index contributed by atoms with van der Waals surface area (Å²) in [5, 5.41) is 3.33. The molecule has 0 aromatic heterocycles. The molecule has 2 aromatic rings. The number of unbranched alkanes of at least 4 members (excludes halogenated alkanes) is 1. The molecular formula is C26H34ClFN2O3. The largest absolute Gasteiger partial charge is 0.426 e. The van der Waals surface area contributed by atoms with Crippen molar-refractivity contribution in [3.05, 3.63) is 52.8 Å². The Balaban J connectivity index is 2.47. The third-order valence-corrected chi connectivity index (χ3v) is 5.10. The Kier molecular flexibility index (Phi) is 10.2. The average molecular weight is 477 g/mol. The molecule has 1 amide bonds. The van der Waals surface area contributed by atoms with Crippen LogP contribution in [-0.2, 0) is 4.79 Å². The Hall–Kier alpha value is -2.60. The summed E-state index contributed by atoms with van der Waals surface area (Å²) in [7, 11) is 0. The van der Waals surface area contributed by atoms with Crippen molar-refractivity contribution in [1.29, 1.82) is 0 Å². The predicted octanol–water partition coefficient (Wildman–Crippen LogP) is 6.95. The summed E-state index contributed by atoms with van der Waals surface area (Å²) in [5.41, 5.74) is 0.929. The summed E-state index contributed by atoms with van der Waals surface area (Å²) < 4.78 is 20.8. The normalized spacial score (nSPS) is 11.1. The first-order chi connectivity index (χ1) is 15.6. The first-order valence-electron chi connectivity index (χ1n) is 11.5. The van der Waals surface area contributed by atoms with E-state index in [9.17, 15) is 9.59 Å². The van der Waals surface area contributed by atoms with Crippen LogP contribution in [0.1, 0.15) is 64.2 Å². The lowest BCUT2D eigenvalue weighted by Gasteiger charge is -2.31. The van der Waals surface area contributed by atoms with Crippen LogP contribution < -0.4 is 15.0 Å². The number of anilines is 2. The molecule has 0 aliphatic carbocycles. The van der Waals surface area contributed by atoms with Crippen LogP contribution in [-0.4, -0.2) is 25.0 Å². The van der Waals surface area contributed by atoms with E-state index in [2.05, 4.69) is 33.0 Å². The smallest absolute Gasteiger partial charge is 0.311 e. The zero-order chi connectivity index (χ0) is 24.5. The molecule has 1 N–H and O–H groups in total. The van der Waals surface area contributed by atoms with Crippen molar-refractivity contribution < 1.29 is 18.7 Å². The third kappa shape index (κ3) is 8.35. The van der Waals surface area contributed by atoms with E-state index in [-0.39, 0.29) is 35.4 Å². The summed E-state index contributed by atoms with van der Waals surface area (Å²) in [6, 6.07) is 9.17. The summed E-state index contributed by atoms with van der Waals surface area (Å²) in [6.07, 6.45) is 1.79. The van der Waals surface area contributed by atoms with Crippen LogP contribution in [0, 0.1) is 17.7 Å². The molecule has 33 heavy (non-hydrogen) atoms. The summed E-state index contributed by atoms with van der Waals surface area (Å²) in [4.78, 5) is 27.0. The number of esters is 1. The molecule has 0 bridgehead atoms. The number of hydrogen-bond donors (Lipinski definition) is 1. The Bertz CT molecular complexity index is 935. The molecule has 2 aromatic carbocycles. The Morgan fingerprint density at radius 3 is 2.21 bits per heavy atom. The lowest BCUT2D eigenvalue weighted by molar-refractivity contribution is -0.134. The molecule has 0 radical (unpaired) electrons. The van der Waals surface area contributed by atoms with Gasteiger partial charge in [-0.2, -0.15) is 0 Å². The van der Waals surface area contributed by atoms with E-state index in [1.807, 2.05) is 11.8 Å². The zero-order valence-corrected chi connectivity index (χ0v) is 20.8. The highest BCUT2D eigenvalue weighted by molar-refractivity contribution is 6.30. The highest BCUT2D eigenvalue weighted by atomic mass is 35.5. The van der Waals surface area contributed by atoms with Gasteiger partial charge in [0.15, 0.2) is 5.82 Å². The number of hydrogen-bond acceptors (Lipinski definition) is 4. The minimum absolute atomic E-state index is 0.0674. The van der Waals surface area contributed by atoms with E-state index in [1.54, 1.807) is 24.3 Å². The molecule has 0 unspecified atom stereocenters. The first-order valence-corrected chi connectivity index (χ1v) is 11.8. The quantitative estimate of drug-likeness (QED) is 0.281. The number of halogens is 2. The lowest BCUT2D eigenvalue weighted by Crippen LogP contribution is -2.33. The molecule has 0 atom stereocenters. The molecular weight excluding hydrogens is 443 g/mol. The maximum atomic E-state index is 15.5. The second kappa shape index (κ2) is 12.6. The molecule has 0 aliphatic heterocycles. The highest BCUT2D eigenvalue weighted by Crippen LogP contribution is 2.35. The molecule has 0 fully saturated rings.